The number of carbonyl (C=O) groups excluding carboxylic acids is 7. The Bertz CT molecular complexity index is 2420. The average Bonchev–Trinajstić information content (AvgIpc) is 3.98. The Balaban J connectivity index is 1.55. The first-order chi connectivity index (χ1) is 32.6. The normalized spacial score (nSPS) is 22.9. The number of guanidine groups is 1. The molecule has 7 atom stereocenters. The van der Waals surface area contributed by atoms with Crippen LogP contribution in [0.1, 0.15) is 42.5 Å². The zero-order chi connectivity index (χ0) is 49.2. The summed E-state index contributed by atoms with van der Waals surface area (Å²) >= 11 is 0. The van der Waals surface area contributed by atoms with E-state index < -0.39 is 96.0 Å². The van der Waals surface area contributed by atoms with E-state index in [0.717, 1.165) is 32.5 Å². The molecule has 1 saturated heterocycles. The number of imidazole rings is 1. The molecule has 1 aliphatic heterocycles. The Morgan fingerprint density at radius 2 is 1.25 bits per heavy atom. The lowest BCUT2D eigenvalue weighted by Gasteiger charge is -2.27. The van der Waals surface area contributed by atoms with Gasteiger partial charge >= 0.3 is 5.97 Å². The maximum Gasteiger partial charge on any atom is 0.303 e. The Labute approximate surface area is 398 Å². The van der Waals surface area contributed by atoms with Crippen molar-refractivity contribution in [2.45, 2.75) is 87.2 Å². The second-order valence-corrected chi connectivity index (χ2v) is 18.4. The van der Waals surface area contributed by atoms with Crippen molar-refractivity contribution in [2.24, 2.45) is 27.9 Å². The van der Waals surface area contributed by atoms with Crippen LogP contribution in [-0.2, 0) is 57.6 Å². The highest BCUT2D eigenvalue weighted by Crippen LogP contribution is 2.24. The largest absolute Gasteiger partial charge is 0.481 e. The van der Waals surface area contributed by atoms with Gasteiger partial charge in [-0.25, -0.2) is 4.98 Å². The first-order valence-corrected chi connectivity index (χ1v) is 24.0. The first-order valence-electron chi connectivity index (χ1n) is 21.5. The summed E-state index contributed by atoms with van der Waals surface area (Å²) in [7, 11) is 2.12. The number of hydrogen-bond acceptors (Lipinski definition) is 13. The molecule has 68 heavy (non-hydrogen) atoms. The van der Waals surface area contributed by atoms with Crippen LogP contribution >= 0.6 is 21.6 Å². The van der Waals surface area contributed by atoms with Crippen molar-refractivity contribution in [3.63, 3.8) is 0 Å². The number of aliphatic carboxylic acids is 1. The average molecular weight is 977 g/mol. The zero-order valence-electron chi connectivity index (χ0n) is 36.8. The van der Waals surface area contributed by atoms with Crippen LogP contribution in [0.15, 0.2) is 78.3 Å². The number of aromatic amines is 2. The molecule has 7 amide bonds. The third-order valence-corrected chi connectivity index (χ3v) is 13.1. The minimum absolute atomic E-state index is 0.0519. The van der Waals surface area contributed by atoms with Gasteiger partial charge in [0.15, 0.2) is 5.96 Å². The molecule has 0 aliphatic carbocycles. The van der Waals surface area contributed by atoms with Crippen LogP contribution in [0.3, 0.4) is 0 Å². The molecule has 2 aromatic heterocycles. The van der Waals surface area contributed by atoms with Crippen molar-refractivity contribution in [3.8, 4) is 0 Å². The number of para-hydroxylation sites is 1. The highest BCUT2D eigenvalue weighted by atomic mass is 33.1. The summed E-state index contributed by atoms with van der Waals surface area (Å²) in [6.45, 7) is 0.0647. The molecule has 0 radical (unpaired) electrons. The summed E-state index contributed by atoms with van der Waals surface area (Å²) < 4.78 is 0. The van der Waals surface area contributed by atoms with Gasteiger partial charge in [-0.15, -0.1) is 0 Å². The van der Waals surface area contributed by atoms with Crippen LogP contribution in [0.25, 0.3) is 10.9 Å². The van der Waals surface area contributed by atoms with Crippen molar-refractivity contribution in [2.75, 3.05) is 18.1 Å². The molecule has 4 aromatic rings. The highest BCUT2D eigenvalue weighted by molar-refractivity contribution is 8.76. The summed E-state index contributed by atoms with van der Waals surface area (Å²) in [5.74, 6) is -7.52. The Morgan fingerprint density at radius 3 is 1.90 bits per heavy atom. The van der Waals surface area contributed by atoms with Crippen LogP contribution < -0.4 is 54.8 Å². The molecule has 1 aliphatic rings. The van der Waals surface area contributed by atoms with E-state index in [0.29, 0.717) is 16.8 Å². The molecule has 0 spiro atoms. The van der Waals surface area contributed by atoms with Crippen LogP contribution in [0.5, 0.6) is 0 Å². The molecule has 17 N–H and O–H groups in total. The highest BCUT2D eigenvalue weighted by Gasteiger charge is 2.35. The number of nitrogens with one attached hydrogen (secondary N) is 8. The number of benzene rings is 2. The van der Waals surface area contributed by atoms with E-state index in [-0.39, 0.29) is 62.5 Å². The molecule has 1 fully saturated rings. The fourth-order valence-corrected chi connectivity index (χ4v) is 9.37. The Hall–Kier alpha value is -7.12. The number of nitrogens with zero attached hydrogens (tertiary/aromatic N) is 2. The standard InChI is InChI=1S/C43H56N14O9S2/c44-27-20-67-68-21-34(36(45)60)57-41(65)32(16-24-18-50-28-10-5-4-9-26(24)28)55-38(62)29(11-6-14-49-43(46)47)53-40(64)31(15-23-7-2-1-3-8-23)54-42(66)33(17-25-19-48-22-51-25)56-39(63)30(52-37(27)61)12-13-35(58)59/h1-5,7-10,18-19,22,27,29-34,50H,6,11-17,20-21,44H2,(H2,45,60)(H,48,51)(H,52,61)(H,53,64)(H,54,66)(H,55,62)(H,56,63)(H,57,65)(H,58,59)(H4,46,47,49)/t27-,29-,30-,31+,32-,33-,34-/m0/s1. The topological polar surface area (TPSA) is 390 Å². The third-order valence-electron chi connectivity index (χ3n) is 10.7. The fraction of sp³-hybridized carbons (Fsp3) is 0.395. The Kier molecular flexibility index (Phi) is 19.6. The van der Waals surface area contributed by atoms with Gasteiger partial charge < -0.3 is 69.9 Å². The van der Waals surface area contributed by atoms with Gasteiger partial charge in [-0.1, -0.05) is 70.1 Å². The van der Waals surface area contributed by atoms with Crippen molar-refractivity contribution in [1.29, 1.82) is 0 Å². The zero-order valence-corrected chi connectivity index (χ0v) is 38.4. The number of hydrogen-bond donors (Lipinski definition) is 13. The van der Waals surface area contributed by atoms with Gasteiger partial charge in [-0.3, -0.25) is 43.3 Å². The molecule has 364 valence electrons. The van der Waals surface area contributed by atoms with Crippen LogP contribution in [0.4, 0.5) is 0 Å². The predicted octanol–water partition coefficient (Wildman–Crippen LogP) is -2.05. The van der Waals surface area contributed by atoms with E-state index in [9.17, 15) is 43.5 Å². The second-order valence-electron chi connectivity index (χ2n) is 15.9. The number of H-pyrrole nitrogens is 2. The van der Waals surface area contributed by atoms with Crippen LogP contribution in [0.2, 0.25) is 0 Å². The van der Waals surface area contributed by atoms with Crippen molar-refractivity contribution >= 4 is 85.8 Å². The second kappa shape index (κ2) is 25.7. The molecule has 0 unspecified atom stereocenters. The predicted molar refractivity (Wildman–Crippen MR) is 255 cm³/mol. The summed E-state index contributed by atoms with van der Waals surface area (Å²) in [4.78, 5) is 123. The monoisotopic (exact) mass is 976 g/mol. The van der Waals surface area contributed by atoms with E-state index in [1.165, 1.54) is 12.5 Å². The SMILES string of the molecule is NC(=O)[C@@H]1CSSC[C@H](N)C(=O)N[C@@H](CCC(=O)O)C(=O)N[C@@H](Cc2cnc[nH]2)C(=O)N[C@H](Cc2ccccc2)C(=O)N[C@@H](CCCN=C(N)N)C(=O)N[C@@H](Cc2c[nH]c3ccccc23)C(=O)N1. The maximum absolute atomic E-state index is 14.5. The van der Waals surface area contributed by atoms with Crippen LogP contribution in [0, 0.1) is 0 Å². The molecular formula is C43H56N14O9S2. The number of carboxylic acid groups (broad SMARTS) is 1. The van der Waals surface area contributed by atoms with Gasteiger partial charge in [0.1, 0.15) is 36.3 Å². The van der Waals surface area contributed by atoms with Crippen LogP contribution in [-0.4, -0.2) is 134 Å². The van der Waals surface area contributed by atoms with Crippen molar-refractivity contribution < 1.29 is 43.5 Å². The van der Waals surface area contributed by atoms with Gasteiger partial charge in [0.25, 0.3) is 0 Å². The van der Waals surface area contributed by atoms with E-state index in [1.54, 1.807) is 36.5 Å². The molecule has 23 nitrogen and oxygen atoms in total. The first kappa shape index (κ1) is 51.9. The van der Waals surface area contributed by atoms with E-state index in [1.807, 2.05) is 24.3 Å². The molecule has 2 aromatic carbocycles. The smallest absolute Gasteiger partial charge is 0.303 e. The van der Waals surface area contributed by atoms with Gasteiger partial charge in [-0.05, 0) is 36.5 Å². The molecule has 0 saturated carbocycles. The fourth-order valence-electron chi connectivity index (χ4n) is 7.07. The lowest BCUT2D eigenvalue weighted by molar-refractivity contribution is -0.138. The van der Waals surface area contributed by atoms with Gasteiger partial charge in [0.05, 0.1) is 12.4 Å². The summed E-state index contributed by atoms with van der Waals surface area (Å²) in [6, 6.07) is 6.45. The third kappa shape index (κ3) is 16.0. The quantitative estimate of drug-likeness (QED) is 0.0280. The number of primary amides is 1. The minimum Gasteiger partial charge on any atom is -0.481 e. The maximum atomic E-state index is 14.5. The number of aliphatic imine (C=N–C) groups is 1. The summed E-state index contributed by atoms with van der Waals surface area (Å²) in [5.41, 5.74) is 25.4. The number of carboxylic acids is 1. The lowest BCUT2D eigenvalue weighted by Crippen LogP contribution is -2.60. The minimum atomic E-state index is -1.48. The van der Waals surface area contributed by atoms with E-state index >= 15 is 0 Å². The molecule has 5 rings (SSSR count). The van der Waals surface area contributed by atoms with Gasteiger partial charge in [-0.2, -0.15) is 0 Å². The number of aromatic nitrogens is 3. The molecular weight excluding hydrogens is 921 g/mol. The number of carbonyl (C=O) groups is 8. The van der Waals surface area contributed by atoms with Crippen molar-refractivity contribution in [3.05, 3.63) is 90.1 Å². The summed E-state index contributed by atoms with van der Waals surface area (Å²) in [6.07, 6.45) is 3.29. The number of nitrogens with two attached hydrogens (primary N) is 4. The molecule has 25 heteroatoms. The summed E-state index contributed by atoms with van der Waals surface area (Å²) in [5, 5.41) is 26.2. The van der Waals surface area contributed by atoms with Crippen molar-refractivity contribution in [1.82, 2.24) is 46.9 Å². The number of amides is 7. The van der Waals surface area contributed by atoms with E-state index in [4.69, 9.17) is 22.9 Å². The number of rotatable bonds is 14. The van der Waals surface area contributed by atoms with Gasteiger partial charge in [0.2, 0.25) is 41.4 Å². The Morgan fingerprint density at radius 1 is 0.676 bits per heavy atom. The number of fused-ring (bicyclic) bond motifs is 1. The molecule has 3 heterocycles. The van der Waals surface area contributed by atoms with E-state index in [2.05, 4.69) is 51.8 Å². The molecule has 0 bridgehead atoms. The lowest BCUT2D eigenvalue weighted by atomic mass is 10.0. The van der Waals surface area contributed by atoms with Gasteiger partial charge in [0, 0.05) is 72.7 Å².